The lowest BCUT2D eigenvalue weighted by atomic mass is 10.0. The largest absolute Gasteiger partial charge is 0.399 e. The first-order valence-electron chi connectivity index (χ1n) is 7.04. The van der Waals surface area contributed by atoms with Gasteiger partial charge in [-0.25, -0.2) is 0 Å². The lowest BCUT2D eigenvalue weighted by molar-refractivity contribution is -0.118. The Balaban J connectivity index is 2.01. The zero-order valence-electron chi connectivity index (χ0n) is 12.9. The Hall–Kier alpha value is -1.85. The molecule has 0 saturated carbocycles. The van der Waals surface area contributed by atoms with Gasteiger partial charge in [0.15, 0.2) is 0 Å². The monoisotopic (exact) mass is 353 g/mol. The number of halogens is 2. The van der Waals surface area contributed by atoms with Crippen molar-refractivity contribution >= 4 is 34.7 Å². The van der Waals surface area contributed by atoms with Gasteiger partial charge in [0.1, 0.15) is 12.9 Å². The van der Waals surface area contributed by atoms with E-state index in [-0.39, 0.29) is 5.78 Å². The molecule has 0 unspecified atom stereocenters. The number of aryl methyl sites for hydroxylation is 1. The highest BCUT2D eigenvalue weighted by atomic mass is 35.5. The van der Waals surface area contributed by atoms with E-state index in [4.69, 9.17) is 28.0 Å². The second-order valence-corrected chi connectivity index (χ2v) is 5.90. The lowest BCUT2D eigenvalue weighted by Gasteiger charge is -2.07. The molecule has 2 rings (SSSR count). The summed E-state index contributed by atoms with van der Waals surface area (Å²) in [7, 11) is 3.29. The molecule has 0 aliphatic heterocycles. The van der Waals surface area contributed by atoms with Crippen LogP contribution in [0.4, 0.5) is 0 Å². The van der Waals surface area contributed by atoms with Crippen LogP contribution in [0, 0.1) is 0 Å². The summed E-state index contributed by atoms with van der Waals surface area (Å²) in [5, 5.41) is 8.96. The predicted molar refractivity (Wildman–Crippen MR) is 91.2 cm³/mol. The fourth-order valence-electron chi connectivity index (χ4n) is 2.17. The molecule has 5 nitrogen and oxygen atoms in total. The molecular weight excluding hydrogens is 337 g/mol. The van der Waals surface area contributed by atoms with E-state index in [1.54, 1.807) is 29.1 Å². The van der Waals surface area contributed by atoms with Crippen molar-refractivity contribution in [3.8, 4) is 0 Å². The van der Waals surface area contributed by atoms with Gasteiger partial charge >= 0.3 is 0 Å². The van der Waals surface area contributed by atoms with Gasteiger partial charge < -0.3 is 4.84 Å². The summed E-state index contributed by atoms with van der Waals surface area (Å²) in [4.78, 5) is 17.0. The van der Waals surface area contributed by atoms with Gasteiger partial charge in [0.2, 0.25) is 0 Å². The smallest absolute Gasteiger partial charge is 0.137 e. The molecule has 122 valence electrons. The molecule has 0 N–H and O–H groups in total. The van der Waals surface area contributed by atoms with Gasteiger partial charge in [-0.1, -0.05) is 34.4 Å². The minimum atomic E-state index is 0.113. The van der Waals surface area contributed by atoms with Crippen molar-refractivity contribution in [2.75, 3.05) is 7.11 Å². The average molecular weight is 354 g/mol. The second kappa shape index (κ2) is 8.13. The number of benzene rings is 1. The summed E-state index contributed by atoms with van der Waals surface area (Å²) in [5.74, 6) is 0.113. The van der Waals surface area contributed by atoms with Crippen LogP contribution in [-0.2, 0) is 23.1 Å². The maximum atomic E-state index is 12.1. The second-order valence-electron chi connectivity index (χ2n) is 5.09. The first-order chi connectivity index (χ1) is 11.0. The minimum absolute atomic E-state index is 0.113. The first kappa shape index (κ1) is 17.5. The normalized spacial score (nSPS) is 11.6. The third-order valence-electron chi connectivity index (χ3n) is 3.25. The standard InChI is InChI=1S/C16H17Cl2N3O2/c1-21-10-11(9-19-21)7-13(22)4-6-16(20-23-2)12-3-5-14(17)15(18)8-12/h3,5,8-10H,4,6-7H2,1-2H3/b20-16+. The maximum Gasteiger partial charge on any atom is 0.137 e. The number of Topliss-reactive ketones (excluding diaryl/α,β-unsaturated/α-hetero) is 1. The van der Waals surface area contributed by atoms with Crippen molar-refractivity contribution < 1.29 is 9.63 Å². The number of rotatable bonds is 7. The molecule has 0 aliphatic rings. The fraction of sp³-hybridized carbons (Fsp3) is 0.312. The molecule has 0 radical (unpaired) electrons. The molecule has 1 heterocycles. The van der Waals surface area contributed by atoms with Gasteiger partial charge in [0.25, 0.3) is 0 Å². The number of nitrogens with zero attached hydrogens (tertiary/aromatic N) is 3. The number of hydrogen-bond acceptors (Lipinski definition) is 4. The van der Waals surface area contributed by atoms with Gasteiger partial charge in [0, 0.05) is 38.1 Å². The van der Waals surface area contributed by atoms with Gasteiger partial charge in [-0.3, -0.25) is 9.48 Å². The number of carbonyl (C=O) groups excluding carboxylic acids is 1. The van der Waals surface area contributed by atoms with Gasteiger partial charge in [-0.2, -0.15) is 5.10 Å². The topological polar surface area (TPSA) is 56.5 Å². The molecule has 7 heteroatoms. The van der Waals surface area contributed by atoms with Gasteiger partial charge in [-0.15, -0.1) is 0 Å². The zero-order chi connectivity index (χ0) is 16.8. The third-order valence-corrected chi connectivity index (χ3v) is 3.99. The lowest BCUT2D eigenvalue weighted by Crippen LogP contribution is -2.08. The molecule has 1 aromatic heterocycles. The Morgan fingerprint density at radius 3 is 2.70 bits per heavy atom. The number of oxime groups is 1. The fourth-order valence-corrected chi connectivity index (χ4v) is 2.46. The molecule has 2 aromatic rings. The quantitative estimate of drug-likeness (QED) is 0.563. The Morgan fingerprint density at radius 1 is 1.30 bits per heavy atom. The van der Waals surface area contributed by atoms with Crippen LogP contribution in [0.3, 0.4) is 0 Å². The van der Waals surface area contributed by atoms with Crippen molar-refractivity contribution in [1.29, 1.82) is 0 Å². The van der Waals surface area contributed by atoms with E-state index >= 15 is 0 Å². The van der Waals surface area contributed by atoms with Crippen LogP contribution >= 0.6 is 23.2 Å². The van der Waals surface area contributed by atoms with Crippen LogP contribution in [0.2, 0.25) is 10.0 Å². The molecular formula is C16H17Cl2N3O2. The van der Waals surface area contributed by atoms with Crippen molar-refractivity contribution in [2.45, 2.75) is 19.3 Å². The Labute approximate surface area is 144 Å². The molecule has 0 saturated heterocycles. The minimum Gasteiger partial charge on any atom is -0.399 e. The number of hydrogen-bond donors (Lipinski definition) is 0. The molecule has 0 aliphatic carbocycles. The highest BCUT2D eigenvalue weighted by Gasteiger charge is 2.11. The average Bonchev–Trinajstić information content (AvgIpc) is 2.91. The number of aromatic nitrogens is 2. The summed E-state index contributed by atoms with van der Waals surface area (Å²) in [6, 6.07) is 5.22. The van der Waals surface area contributed by atoms with Crippen LogP contribution in [0.5, 0.6) is 0 Å². The van der Waals surface area contributed by atoms with Crippen molar-refractivity contribution in [3.05, 3.63) is 51.8 Å². The molecule has 1 aromatic carbocycles. The Bertz CT molecular complexity index is 726. The van der Waals surface area contributed by atoms with Crippen LogP contribution < -0.4 is 0 Å². The highest BCUT2D eigenvalue weighted by Crippen LogP contribution is 2.23. The summed E-state index contributed by atoms with van der Waals surface area (Å²) >= 11 is 11.9. The van der Waals surface area contributed by atoms with E-state index in [9.17, 15) is 4.79 Å². The van der Waals surface area contributed by atoms with Gasteiger partial charge in [0.05, 0.1) is 22.0 Å². The first-order valence-corrected chi connectivity index (χ1v) is 7.80. The molecule has 0 atom stereocenters. The molecule has 23 heavy (non-hydrogen) atoms. The van der Waals surface area contributed by atoms with E-state index in [0.29, 0.717) is 35.0 Å². The Kier molecular flexibility index (Phi) is 6.19. The number of carbonyl (C=O) groups is 1. The predicted octanol–water partition coefficient (Wildman–Crippen LogP) is 3.67. The highest BCUT2D eigenvalue weighted by molar-refractivity contribution is 6.42. The molecule has 0 bridgehead atoms. The zero-order valence-corrected chi connectivity index (χ0v) is 14.4. The maximum absolute atomic E-state index is 12.1. The van der Waals surface area contributed by atoms with E-state index in [1.807, 2.05) is 13.2 Å². The summed E-state index contributed by atoms with van der Waals surface area (Å²) in [6.45, 7) is 0. The van der Waals surface area contributed by atoms with Crippen LogP contribution in [0.25, 0.3) is 0 Å². The third kappa shape index (κ3) is 5.08. The Morgan fingerprint density at radius 2 is 2.09 bits per heavy atom. The molecule has 0 fully saturated rings. The molecule has 0 spiro atoms. The summed E-state index contributed by atoms with van der Waals surface area (Å²) < 4.78 is 1.68. The number of ketones is 1. The molecule has 0 amide bonds. The van der Waals surface area contributed by atoms with E-state index < -0.39 is 0 Å². The van der Waals surface area contributed by atoms with E-state index in [2.05, 4.69) is 10.3 Å². The van der Waals surface area contributed by atoms with E-state index in [1.165, 1.54) is 7.11 Å². The van der Waals surface area contributed by atoms with Crippen LogP contribution in [0.1, 0.15) is 24.0 Å². The summed E-state index contributed by atoms with van der Waals surface area (Å²) in [6.07, 6.45) is 4.71. The SMILES string of the molecule is CO/N=C(\CCC(=O)Cc1cnn(C)c1)c1ccc(Cl)c(Cl)c1. The van der Waals surface area contributed by atoms with Gasteiger partial charge in [-0.05, 0) is 17.7 Å². The van der Waals surface area contributed by atoms with E-state index in [0.717, 1.165) is 11.1 Å². The van der Waals surface area contributed by atoms with Crippen molar-refractivity contribution in [1.82, 2.24) is 9.78 Å². The van der Waals surface area contributed by atoms with Crippen molar-refractivity contribution in [2.24, 2.45) is 12.2 Å². The van der Waals surface area contributed by atoms with Crippen molar-refractivity contribution in [3.63, 3.8) is 0 Å². The summed E-state index contributed by atoms with van der Waals surface area (Å²) in [5.41, 5.74) is 2.35. The van der Waals surface area contributed by atoms with Crippen LogP contribution in [-0.4, -0.2) is 28.4 Å². The van der Waals surface area contributed by atoms with Crippen LogP contribution in [0.15, 0.2) is 35.7 Å².